The number of aryl methyl sites for hydroxylation is 1. The Balaban J connectivity index is 2.16. The number of carboxylic acids is 1. The van der Waals surface area contributed by atoms with Crippen LogP contribution in [0.25, 0.3) is 5.65 Å². The number of nitrogens with one attached hydrogen (secondary N) is 1. The highest BCUT2D eigenvalue weighted by atomic mass is 16.4. The molecule has 3 aromatic rings. The van der Waals surface area contributed by atoms with Gasteiger partial charge in [0.25, 0.3) is 5.56 Å². The lowest BCUT2D eigenvalue weighted by Gasteiger charge is -2.19. The van der Waals surface area contributed by atoms with Crippen molar-refractivity contribution in [2.45, 2.75) is 19.9 Å². The maximum atomic E-state index is 12.5. The zero-order valence-electron chi connectivity index (χ0n) is 14.7. The summed E-state index contributed by atoms with van der Waals surface area (Å²) in [5.41, 5.74) is 7.37. The number of nitrogen functional groups attached to an aromatic ring is 1. The van der Waals surface area contributed by atoms with Gasteiger partial charge in [-0.05, 0) is 37.6 Å². The molecule has 0 aliphatic carbocycles. The van der Waals surface area contributed by atoms with Crippen LogP contribution in [0, 0.1) is 18.3 Å². The van der Waals surface area contributed by atoms with Crippen LogP contribution >= 0.6 is 0 Å². The number of nitrogens with two attached hydrogens (primary N) is 1. The Morgan fingerprint density at radius 2 is 2.11 bits per heavy atom. The number of aromatic carboxylic acids is 1. The van der Waals surface area contributed by atoms with Crippen LogP contribution in [0.4, 0.5) is 11.5 Å². The predicted octanol–water partition coefficient (Wildman–Crippen LogP) is 2.33. The Morgan fingerprint density at radius 1 is 1.41 bits per heavy atom. The van der Waals surface area contributed by atoms with Gasteiger partial charge >= 0.3 is 5.97 Å². The smallest absolute Gasteiger partial charge is 0.337 e. The highest BCUT2D eigenvalue weighted by Crippen LogP contribution is 2.26. The summed E-state index contributed by atoms with van der Waals surface area (Å²) in [5.74, 6) is -1.18. The summed E-state index contributed by atoms with van der Waals surface area (Å²) < 4.78 is 1.29. The zero-order chi connectivity index (χ0) is 19.7. The second-order valence-corrected chi connectivity index (χ2v) is 6.17. The molecule has 0 aliphatic rings. The number of carboxylic acid groups (broad SMARTS) is 1. The standard InChI is InChI=1S/C19H17N5O3/c1-10-7-13(11(2)22-15-6-4-3-5-12(15)19(26)27)17-23-16(21)14(8-20)18(25)24(17)9-10/h3-7,9,11,22H,21H2,1-2H3,(H,26,27). The molecule has 3 rings (SSSR count). The maximum absolute atomic E-state index is 12.5. The minimum absolute atomic E-state index is 0.134. The van der Waals surface area contributed by atoms with E-state index >= 15 is 0 Å². The number of nitriles is 1. The van der Waals surface area contributed by atoms with Crippen molar-refractivity contribution in [3.8, 4) is 6.07 Å². The summed E-state index contributed by atoms with van der Waals surface area (Å²) in [5, 5.41) is 21.6. The van der Waals surface area contributed by atoms with Crippen molar-refractivity contribution >= 4 is 23.1 Å². The summed E-state index contributed by atoms with van der Waals surface area (Å²) in [7, 11) is 0. The first kappa shape index (κ1) is 17.9. The van der Waals surface area contributed by atoms with Crippen molar-refractivity contribution in [1.82, 2.24) is 9.38 Å². The van der Waals surface area contributed by atoms with Crippen LogP contribution in [0.15, 0.2) is 41.3 Å². The van der Waals surface area contributed by atoms with Gasteiger partial charge in [0.1, 0.15) is 17.5 Å². The molecule has 0 fully saturated rings. The number of para-hydroxylation sites is 1. The Hall–Kier alpha value is -3.86. The van der Waals surface area contributed by atoms with Crippen LogP contribution in [0.3, 0.4) is 0 Å². The number of nitrogens with zero attached hydrogens (tertiary/aromatic N) is 3. The molecule has 2 aromatic heterocycles. The molecule has 0 spiro atoms. The molecule has 8 heteroatoms. The molecule has 0 bridgehead atoms. The number of hydrogen-bond donors (Lipinski definition) is 3. The van der Waals surface area contributed by atoms with Crippen LogP contribution in [0.2, 0.25) is 0 Å². The van der Waals surface area contributed by atoms with Crippen LogP contribution < -0.4 is 16.6 Å². The SMILES string of the molecule is Cc1cc(C(C)Nc2ccccc2C(=O)O)c2nc(N)c(C#N)c(=O)n2c1. The lowest BCUT2D eigenvalue weighted by atomic mass is 10.1. The first-order valence-corrected chi connectivity index (χ1v) is 8.14. The molecule has 2 heterocycles. The van der Waals surface area contributed by atoms with E-state index in [4.69, 9.17) is 11.0 Å². The summed E-state index contributed by atoms with van der Waals surface area (Å²) in [6, 6.07) is 9.80. The van der Waals surface area contributed by atoms with E-state index in [-0.39, 0.29) is 23.0 Å². The molecule has 27 heavy (non-hydrogen) atoms. The number of fused-ring (bicyclic) bond motifs is 1. The number of anilines is 2. The molecule has 0 saturated heterocycles. The van der Waals surface area contributed by atoms with Crippen LogP contribution in [0.1, 0.15) is 40.0 Å². The van der Waals surface area contributed by atoms with Crippen molar-refractivity contribution in [3.05, 3.63) is 69.1 Å². The number of aromatic nitrogens is 2. The van der Waals surface area contributed by atoms with Gasteiger partial charge in [-0.1, -0.05) is 12.1 Å². The third kappa shape index (κ3) is 3.18. The Labute approximate surface area is 154 Å². The van der Waals surface area contributed by atoms with E-state index in [1.165, 1.54) is 10.5 Å². The monoisotopic (exact) mass is 363 g/mol. The van der Waals surface area contributed by atoms with Gasteiger partial charge in [0.15, 0.2) is 5.56 Å². The second-order valence-electron chi connectivity index (χ2n) is 6.17. The molecule has 0 aliphatic heterocycles. The molecule has 0 radical (unpaired) electrons. The lowest BCUT2D eigenvalue weighted by Crippen LogP contribution is -2.23. The Bertz CT molecular complexity index is 1160. The third-order valence-electron chi connectivity index (χ3n) is 4.23. The fourth-order valence-electron chi connectivity index (χ4n) is 2.95. The molecule has 8 nitrogen and oxygen atoms in total. The van der Waals surface area contributed by atoms with Gasteiger partial charge < -0.3 is 16.2 Å². The van der Waals surface area contributed by atoms with Crippen LogP contribution in [0.5, 0.6) is 0 Å². The van der Waals surface area contributed by atoms with Gasteiger partial charge in [-0.2, -0.15) is 5.26 Å². The Morgan fingerprint density at radius 3 is 2.78 bits per heavy atom. The van der Waals surface area contributed by atoms with E-state index < -0.39 is 11.5 Å². The minimum atomic E-state index is -1.04. The van der Waals surface area contributed by atoms with E-state index in [0.717, 1.165) is 5.56 Å². The zero-order valence-corrected chi connectivity index (χ0v) is 14.7. The van der Waals surface area contributed by atoms with Crippen LogP contribution in [-0.2, 0) is 0 Å². The van der Waals surface area contributed by atoms with Gasteiger partial charge in [-0.3, -0.25) is 9.20 Å². The van der Waals surface area contributed by atoms with E-state index in [0.29, 0.717) is 16.9 Å². The maximum Gasteiger partial charge on any atom is 0.337 e. The molecule has 1 unspecified atom stereocenters. The summed E-state index contributed by atoms with van der Waals surface area (Å²) in [4.78, 5) is 28.2. The third-order valence-corrected chi connectivity index (χ3v) is 4.23. The summed E-state index contributed by atoms with van der Waals surface area (Å²) in [6.45, 7) is 3.64. The average molecular weight is 363 g/mol. The highest BCUT2D eigenvalue weighted by molar-refractivity contribution is 5.94. The molecule has 0 saturated carbocycles. The molecular weight excluding hydrogens is 346 g/mol. The summed E-state index contributed by atoms with van der Waals surface area (Å²) >= 11 is 0. The first-order chi connectivity index (χ1) is 12.8. The molecule has 1 atom stereocenters. The largest absolute Gasteiger partial charge is 0.478 e. The highest BCUT2D eigenvalue weighted by Gasteiger charge is 2.18. The normalized spacial score (nSPS) is 11.7. The van der Waals surface area contributed by atoms with Gasteiger partial charge in [0.2, 0.25) is 0 Å². The van der Waals surface area contributed by atoms with Crippen molar-refractivity contribution in [2.24, 2.45) is 0 Å². The molecule has 0 amide bonds. The van der Waals surface area contributed by atoms with Crippen molar-refractivity contribution < 1.29 is 9.90 Å². The average Bonchev–Trinajstić information content (AvgIpc) is 2.62. The number of pyridine rings is 1. The van der Waals surface area contributed by atoms with Gasteiger partial charge in [0.05, 0.1) is 11.6 Å². The number of rotatable bonds is 4. The number of hydrogen-bond acceptors (Lipinski definition) is 6. The van der Waals surface area contributed by atoms with E-state index in [2.05, 4.69) is 10.3 Å². The predicted molar refractivity (Wildman–Crippen MR) is 101 cm³/mol. The second kappa shape index (κ2) is 6.80. The number of benzene rings is 1. The van der Waals surface area contributed by atoms with Crippen molar-refractivity contribution in [2.75, 3.05) is 11.1 Å². The van der Waals surface area contributed by atoms with E-state index in [1.807, 2.05) is 19.9 Å². The first-order valence-electron chi connectivity index (χ1n) is 8.14. The lowest BCUT2D eigenvalue weighted by molar-refractivity contribution is 0.0698. The minimum Gasteiger partial charge on any atom is -0.478 e. The van der Waals surface area contributed by atoms with E-state index in [1.54, 1.807) is 30.5 Å². The van der Waals surface area contributed by atoms with Gasteiger partial charge in [-0.25, -0.2) is 9.78 Å². The quantitative estimate of drug-likeness (QED) is 0.647. The molecule has 4 N–H and O–H groups in total. The topological polar surface area (TPSA) is 134 Å². The molecular formula is C19H17N5O3. The van der Waals surface area contributed by atoms with Crippen molar-refractivity contribution in [3.63, 3.8) is 0 Å². The fraction of sp³-hybridized carbons (Fsp3) is 0.158. The number of carbonyl (C=O) groups is 1. The van der Waals surface area contributed by atoms with Gasteiger partial charge in [0, 0.05) is 17.4 Å². The van der Waals surface area contributed by atoms with Crippen molar-refractivity contribution in [1.29, 1.82) is 5.26 Å². The molecule has 1 aromatic carbocycles. The van der Waals surface area contributed by atoms with Crippen LogP contribution in [-0.4, -0.2) is 20.5 Å². The fourth-order valence-corrected chi connectivity index (χ4v) is 2.95. The van der Waals surface area contributed by atoms with E-state index in [9.17, 15) is 14.7 Å². The van der Waals surface area contributed by atoms with Gasteiger partial charge in [-0.15, -0.1) is 0 Å². The molecule has 136 valence electrons. The summed E-state index contributed by atoms with van der Waals surface area (Å²) in [6.07, 6.45) is 1.59. The Kier molecular flexibility index (Phi) is 4.52.